The van der Waals surface area contributed by atoms with Gasteiger partial charge in [0.15, 0.2) is 6.61 Å². The second-order valence-corrected chi connectivity index (χ2v) is 4.16. The summed E-state index contributed by atoms with van der Waals surface area (Å²) in [4.78, 5) is 11.6. The number of para-hydroxylation sites is 2. The van der Waals surface area contributed by atoms with E-state index in [0.717, 1.165) is 0 Å². The average Bonchev–Trinajstić information content (AvgIpc) is 2.37. The van der Waals surface area contributed by atoms with Gasteiger partial charge in [-0.1, -0.05) is 12.1 Å². The molecule has 0 saturated heterocycles. The molecule has 0 fully saturated rings. The number of carbonyl (C=O) groups excluding carboxylic acids is 1. The van der Waals surface area contributed by atoms with E-state index in [9.17, 15) is 18.0 Å². The fourth-order valence-electron chi connectivity index (χ4n) is 1.49. The molecule has 120 valence electrons. The van der Waals surface area contributed by atoms with Gasteiger partial charge >= 0.3 is 6.18 Å². The van der Waals surface area contributed by atoms with Crippen molar-refractivity contribution in [2.45, 2.75) is 19.0 Å². The summed E-state index contributed by atoms with van der Waals surface area (Å²) >= 11 is 0. The summed E-state index contributed by atoms with van der Waals surface area (Å²) < 4.78 is 41.0. The third-order valence-electron chi connectivity index (χ3n) is 2.38. The molecule has 0 radical (unpaired) electrons. The van der Waals surface area contributed by atoms with Crippen LogP contribution in [0.15, 0.2) is 24.3 Å². The van der Waals surface area contributed by atoms with Gasteiger partial charge < -0.3 is 15.4 Å². The Kier molecular flexibility index (Phi) is 8.80. The maximum atomic E-state index is 12.1. The lowest BCUT2D eigenvalue weighted by atomic mass is 10.2. The largest absolute Gasteiger partial charge is 0.482 e. The summed E-state index contributed by atoms with van der Waals surface area (Å²) in [5.74, 6) is -0.255. The minimum Gasteiger partial charge on any atom is -0.482 e. The Balaban J connectivity index is 0.00000400. The SMILES string of the molecule is CNCCCC(=O)Nc1ccccc1OCC(F)(F)F.Cl. The lowest BCUT2D eigenvalue weighted by Crippen LogP contribution is -2.20. The van der Waals surface area contributed by atoms with Gasteiger partial charge in [0.2, 0.25) is 5.91 Å². The third-order valence-corrected chi connectivity index (χ3v) is 2.38. The molecule has 0 unspecified atom stereocenters. The van der Waals surface area contributed by atoms with E-state index in [2.05, 4.69) is 15.4 Å². The van der Waals surface area contributed by atoms with Gasteiger partial charge in [0.25, 0.3) is 0 Å². The van der Waals surface area contributed by atoms with Gasteiger partial charge in [0, 0.05) is 6.42 Å². The lowest BCUT2D eigenvalue weighted by Gasteiger charge is -2.13. The fourth-order valence-corrected chi connectivity index (χ4v) is 1.49. The van der Waals surface area contributed by atoms with Crippen LogP contribution in [0.1, 0.15) is 12.8 Å². The van der Waals surface area contributed by atoms with Crippen LogP contribution in [0.5, 0.6) is 5.75 Å². The first-order valence-electron chi connectivity index (χ1n) is 6.15. The number of halogens is 4. The zero-order valence-corrected chi connectivity index (χ0v) is 12.3. The molecule has 1 rings (SSSR count). The number of alkyl halides is 3. The highest BCUT2D eigenvalue weighted by Crippen LogP contribution is 2.26. The van der Waals surface area contributed by atoms with E-state index in [1.54, 1.807) is 19.2 Å². The topological polar surface area (TPSA) is 50.4 Å². The van der Waals surface area contributed by atoms with Gasteiger partial charge in [0.1, 0.15) is 5.75 Å². The van der Waals surface area contributed by atoms with Crippen LogP contribution in [0.2, 0.25) is 0 Å². The van der Waals surface area contributed by atoms with E-state index < -0.39 is 12.8 Å². The summed E-state index contributed by atoms with van der Waals surface area (Å²) in [7, 11) is 1.78. The van der Waals surface area contributed by atoms with Crippen molar-refractivity contribution in [1.29, 1.82) is 0 Å². The van der Waals surface area contributed by atoms with Crippen molar-refractivity contribution in [2.24, 2.45) is 0 Å². The molecule has 8 heteroatoms. The molecule has 0 bridgehead atoms. The van der Waals surface area contributed by atoms with Gasteiger partial charge in [0.05, 0.1) is 5.69 Å². The normalized spacial score (nSPS) is 10.7. The van der Waals surface area contributed by atoms with E-state index in [1.165, 1.54) is 12.1 Å². The Morgan fingerprint density at radius 3 is 2.57 bits per heavy atom. The van der Waals surface area contributed by atoms with Gasteiger partial charge in [-0.25, -0.2) is 0 Å². The van der Waals surface area contributed by atoms with Crippen LogP contribution in [0, 0.1) is 0 Å². The van der Waals surface area contributed by atoms with Crippen LogP contribution >= 0.6 is 12.4 Å². The van der Waals surface area contributed by atoms with Crippen LogP contribution < -0.4 is 15.4 Å². The quantitative estimate of drug-likeness (QED) is 0.757. The number of anilines is 1. The molecule has 1 amide bonds. The lowest BCUT2D eigenvalue weighted by molar-refractivity contribution is -0.153. The van der Waals surface area contributed by atoms with Crippen molar-refractivity contribution in [3.63, 3.8) is 0 Å². The highest BCUT2D eigenvalue weighted by atomic mass is 35.5. The first-order valence-corrected chi connectivity index (χ1v) is 6.15. The molecule has 1 aromatic carbocycles. The molecule has 0 atom stereocenters. The number of carbonyl (C=O) groups is 1. The van der Waals surface area contributed by atoms with E-state index in [0.29, 0.717) is 13.0 Å². The van der Waals surface area contributed by atoms with Crippen LogP contribution in [-0.4, -0.2) is 32.3 Å². The average molecular weight is 327 g/mol. The molecule has 0 aliphatic carbocycles. The minimum atomic E-state index is -4.41. The Morgan fingerprint density at radius 1 is 1.29 bits per heavy atom. The highest BCUT2D eigenvalue weighted by molar-refractivity contribution is 5.92. The van der Waals surface area contributed by atoms with Gasteiger partial charge in [-0.2, -0.15) is 13.2 Å². The number of hydrogen-bond donors (Lipinski definition) is 2. The molecule has 0 aromatic heterocycles. The Labute approximate surface area is 127 Å². The van der Waals surface area contributed by atoms with Crippen molar-refractivity contribution >= 4 is 24.0 Å². The molecule has 4 nitrogen and oxygen atoms in total. The molecule has 21 heavy (non-hydrogen) atoms. The zero-order valence-electron chi connectivity index (χ0n) is 11.5. The maximum Gasteiger partial charge on any atom is 0.422 e. The number of rotatable bonds is 7. The summed E-state index contributed by atoms with van der Waals surface area (Å²) in [6.45, 7) is -0.695. The van der Waals surface area contributed by atoms with Crippen molar-refractivity contribution < 1.29 is 22.7 Å². The highest BCUT2D eigenvalue weighted by Gasteiger charge is 2.28. The number of amides is 1. The van der Waals surface area contributed by atoms with E-state index in [4.69, 9.17) is 0 Å². The second-order valence-electron chi connectivity index (χ2n) is 4.16. The predicted octanol–water partition coefficient (Wildman–Crippen LogP) is 2.99. The standard InChI is InChI=1S/C13H17F3N2O2.ClH/c1-17-8-4-7-12(19)18-10-5-2-3-6-11(10)20-9-13(14,15)16;/h2-3,5-6,17H,4,7-9H2,1H3,(H,18,19);1H. The molecule has 0 spiro atoms. The Bertz CT molecular complexity index is 442. The summed E-state index contributed by atoms with van der Waals surface area (Å²) in [6.07, 6.45) is -3.48. The maximum absolute atomic E-state index is 12.1. The molecule has 0 saturated carbocycles. The minimum absolute atomic E-state index is 0. The zero-order chi connectivity index (χ0) is 15.0. The Hall–Kier alpha value is -1.47. The van der Waals surface area contributed by atoms with Crippen molar-refractivity contribution in [2.75, 3.05) is 25.5 Å². The molecule has 0 aliphatic heterocycles. The smallest absolute Gasteiger partial charge is 0.422 e. The van der Waals surface area contributed by atoms with Crippen LogP contribution in [0.25, 0.3) is 0 Å². The number of nitrogens with one attached hydrogen (secondary N) is 2. The monoisotopic (exact) mass is 326 g/mol. The van der Waals surface area contributed by atoms with Gasteiger partial charge in [-0.15, -0.1) is 12.4 Å². The first-order chi connectivity index (χ1) is 9.42. The summed E-state index contributed by atoms with van der Waals surface area (Å²) in [5.41, 5.74) is 0.242. The molecule has 0 aliphatic rings. The predicted molar refractivity (Wildman–Crippen MR) is 77.0 cm³/mol. The molecule has 2 N–H and O–H groups in total. The molecular weight excluding hydrogens is 309 g/mol. The van der Waals surface area contributed by atoms with Gasteiger partial charge in [-0.3, -0.25) is 4.79 Å². The van der Waals surface area contributed by atoms with E-state index in [-0.39, 0.29) is 36.2 Å². The second kappa shape index (κ2) is 9.46. The number of ether oxygens (including phenoxy) is 1. The van der Waals surface area contributed by atoms with E-state index in [1.807, 2.05) is 0 Å². The molecule has 0 heterocycles. The van der Waals surface area contributed by atoms with Crippen LogP contribution in [0.3, 0.4) is 0 Å². The number of hydrogen-bond acceptors (Lipinski definition) is 3. The van der Waals surface area contributed by atoms with Crippen LogP contribution in [-0.2, 0) is 4.79 Å². The summed E-state index contributed by atoms with van der Waals surface area (Å²) in [6, 6.07) is 6.04. The molecule has 1 aromatic rings. The van der Waals surface area contributed by atoms with Crippen molar-refractivity contribution in [1.82, 2.24) is 5.32 Å². The number of benzene rings is 1. The van der Waals surface area contributed by atoms with Crippen molar-refractivity contribution in [3.05, 3.63) is 24.3 Å². The van der Waals surface area contributed by atoms with E-state index >= 15 is 0 Å². The van der Waals surface area contributed by atoms with Crippen molar-refractivity contribution in [3.8, 4) is 5.75 Å². The van der Waals surface area contributed by atoms with Crippen LogP contribution in [0.4, 0.5) is 18.9 Å². The summed E-state index contributed by atoms with van der Waals surface area (Å²) in [5, 5.41) is 5.45. The first kappa shape index (κ1) is 19.5. The molecular formula is C13H18ClF3N2O2. The fraction of sp³-hybridized carbons (Fsp3) is 0.462. The van der Waals surface area contributed by atoms with Gasteiger partial charge in [-0.05, 0) is 32.1 Å². The third kappa shape index (κ3) is 8.41. The Morgan fingerprint density at radius 2 is 1.95 bits per heavy atom.